The van der Waals surface area contributed by atoms with Gasteiger partial charge >= 0.3 is 12.4 Å². The third-order valence-electron chi connectivity index (χ3n) is 2.54. The third-order valence-corrected chi connectivity index (χ3v) is 2.76. The number of thiocarbonyl (C=S) groups is 1. The molecule has 0 spiro atoms. The van der Waals surface area contributed by atoms with Gasteiger partial charge < -0.3 is 11.1 Å². The Kier molecular flexibility index (Phi) is 5.08. The Hall–Kier alpha value is -1.51. The number of nitrogens with one attached hydrogen (secondary N) is 1. The molecule has 0 heterocycles. The molecule has 9 heteroatoms. The molecule has 1 rings (SSSR count). The Morgan fingerprint density at radius 2 is 1.81 bits per heavy atom. The highest BCUT2D eigenvalue weighted by molar-refractivity contribution is 7.80. The summed E-state index contributed by atoms with van der Waals surface area (Å²) in [5.41, 5.74) is 3.67. The van der Waals surface area contributed by atoms with Crippen molar-refractivity contribution in [1.29, 1.82) is 0 Å². The zero-order chi connectivity index (χ0) is 16.4. The first-order valence-corrected chi connectivity index (χ1v) is 6.15. The molecule has 118 valence electrons. The number of hydrogen-bond donors (Lipinski definition) is 2. The lowest BCUT2D eigenvalue weighted by molar-refractivity contribution is -0.138. The second-order valence-corrected chi connectivity index (χ2v) is 4.93. The molecule has 0 saturated carbocycles. The van der Waals surface area contributed by atoms with Gasteiger partial charge in [-0.3, -0.25) is 0 Å². The highest BCUT2D eigenvalue weighted by Crippen LogP contribution is 2.34. The summed E-state index contributed by atoms with van der Waals surface area (Å²) in [6, 6.07) is 1.87. The molecular formula is C12H12F6N2S. The van der Waals surface area contributed by atoms with E-state index in [1.165, 1.54) is 13.0 Å². The molecular weight excluding hydrogens is 318 g/mol. The lowest BCUT2D eigenvalue weighted by Gasteiger charge is -2.19. The number of alkyl halides is 6. The Morgan fingerprint density at radius 3 is 2.24 bits per heavy atom. The van der Waals surface area contributed by atoms with Crippen molar-refractivity contribution in [3.05, 3.63) is 29.3 Å². The molecule has 0 aliphatic carbocycles. The Balaban J connectivity index is 3.04. The second-order valence-electron chi connectivity index (χ2n) is 4.49. The highest BCUT2D eigenvalue weighted by Gasteiger charge is 2.35. The van der Waals surface area contributed by atoms with Crippen LogP contribution in [0.2, 0.25) is 0 Å². The first-order valence-electron chi connectivity index (χ1n) is 5.74. The second kappa shape index (κ2) is 6.08. The predicted octanol–water partition coefficient (Wildman–Crippen LogP) is 4.09. The molecule has 0 aliphatic heterocycles. The molecule has 1 unspecified atom stereocenters. The van der Waals surface area contributed by atoms with Gasteiger partial charge in [0.1, 0.15) is 4.99 Å². The van der Waals surface area contributed by atoms with E-state index in [4.69, 9.17) is 5.73 Å². The molecule has 1 aromatic carbocycles. The van der Waals surface area contributed by atoms with Crippen molar-refractivity contribution in [2.75, 3.05) is 5.32 Å². The van der Waals surface area contributed by atoms with Crippen LogP contribution in [-0.4, -0.2) is 17.2 Å². The predicted molar refractivity (Wildman–Crippen MR) is 71.1 cm³/mol. The topological polar surface area (TPSA) is 38.0 Å². The fourth-order valence-electron chi connectivity index (χ4n) is 1.77. The first-order chi connectivity index (χ1) is 9.40. The molecule has 0 fully saturated rings. The van der Waals surface area contributed by atoms with Gasteiger partial charge in [-0.15, -0.1) is 0 Å². The number of anilines is 1. The molecule has 1 atom stereocenters. The minimum absolute atomic E-state index is 0.0842. The van der Waals surface area contributed by atoms with Gasteiger partial charge in [-0.05, 0) is 25.1 Å². The zero-order valence-electron chi connectivity index (χ0n) is 10.8. The van der Waals surface area contributed by atoms with Crippen LogP contribution < -0.4 is 11.1 Å². The SMILES string of the molecule is CC(CC(F)(F)F)Nc1ccc(C(N)=S)c(C(F)(F)F)c1. The van der Waals surface area contributed by atoms with Crippen molar-refractivity contribution in [2.24, 2.45) is 5.73 Å². The van der Waals surface area contributed by atoms with E-state index in [9.17, 15) is 26.3 Å². The van der Waals surface area contributed by atoms with Crippen LogP contribution in [0.4, 0.5) is 32.0 Å². The molecule has 2 nitrogen and oxygen atoms in total. The van der Waals surface area contributed by atoms with Crippen molar-refractivity contribution in [3.8, 4) is 0 Å². The number of halogens is 6. The maximum Gasteiger partial charge on any atom is 0.417 e. The van der Waals surface area contributed by atoms with E-state index < -0.39 is 35.4 Å². The number of nitrogens with two attached hydrogens (primary N) is 1. The van der Waals surface area contributed by atoms with Crippen LogP contribution in [0, 0.1) is 0 Å². The highest BCUT2D eigenvalue weighted by atomic mass is 32.1. The normalized spacial score (nSPS) is 13.9. The minimum Gasteiger partial charge on any atom is -0.389 e. The molecule has 3 N–H and O–H groups in total. The standard InChI is InChI=1S/C12H12F6N2S/c1-6(5-11(13,14)15)20-7-2-3-8(10(19)21)9(4-7)12(16,17)18/h2-4,6,20H,5H2,1H3,(H2,19,21). The van der Waals surface area contributed by atoms with E-state index in [1.54, 1.807) is 0 Å². The average Bonchev–Trinajstić information content (AvgIpc) is 2.24. The summed E-state index contributed by atoms with van der Waals surface area (Å²) < 4.78 is 75.2. The monoisotopic (exact) mass is 330 g/mol. The molecule has 0 aliphatic rings. The van der Waals surface area contributed by atoms with Crippen molar-refractivity contribution in [3.63, 3.8) is 0 Å². The minimum atomic E-state index is -4.70. The van der Waals surface area contributed by atoms with Gasteiger partial charge in [0.15, 0.2) is 0 Å². The van der Waals surface area contributed by atoms with E-state index in [0.29, 0.717) is 6.07 Å². The van der Waals surface area contributed by atoms with Gasteiger partial charge in [0.05, 0.1) is 12.0 Å². The van der Waals surface area contributed by atoms with Crippen molar-refractivity contribution < 1.29 is 26.3 Å². The van der Waals surface area contributed by atoms with Gasteiger partial charge in [0.25, 0.3) is 0 Å². The van der Waals surface area contributed by atoms with Gasteiger partial charge in [-0.2, -0.15) is 26.3 Å². The molecule has 0 saturated heterocycles. The fourth-order valence-corrected chi connectivity index (χ4v) is 1.94. The Labute approximate surface area is 122 Å². The summed E-state index contributed by atoms with van der Waals surface area (Å²) in [6.45, 7) is 1.22. The molecule has 1 aromatic rings. The summed E-state index contributed by atoms with van der Waals surface area (Å²) >= 11 is 4.53. The molecule has 0 radical (unpaired) electrons. The summed E-state index contributed by atoms with van der Waals surface area (Å²) in [5.74, 6) is 0. The molecule has 0 bridgehead atoms. The zero-order valence-corrected chi connectivity index (χ0v) is 11.6. The maximum absolute atomic E-state index is 12.9. The third kappa shape index (κ3) is 5.41. The smallest absolute Gasteiger partial charge is 0.389 e. The number of benzene rings is 1. The van der Waals surface area contributed by atoms with Crippen LogP contribution in [-0.2, 0) is 6.18 Å². The quantitative estimate of drug-likeness (QED) is 0.645. The molecule has 0 aromatic heterocycles. The van der Waals surface area contributed by atoms with Gasteiger partial charge in [-0.25, -0.2) is 0 Å². The van der Waals surface area contributed by atoms with Crippen LogP contribution in [0.5, 0.6) is 0 Å². The lowest BCUT2D eigenvalue weighted by Crippen LogP contribution is -2.24. The Morgan fingerprint density at radius 1 is 1.24 bits per heavy atom. The summed E-state index contributed by atoms with van der Waals surface area (Å²) in [7, 11) is 0. The molecule has 21 heavy (non-hydrogen) atoms. The number of hydrogen-bond acceptors (Lipinski definition) is 2. The summed E-state index contributed by atoms with van der Waals surface area (Å²) in [6.07, 6.45) is -10.3. The number of rotatable bonds is 4. The van der Waals surface area contributed by atoms with Gasteiger partial charge in [-0.1, -0.05) is 12.2 Å². The van der Waals surface area contributed by atoms with Gasteiger partial charge in [0, 0.05) is 17.3 Å². The average molecular weight is 330 g/mol. The van der Waals surface area contributed by atoms with Crippen LogP contribution >= 0.6 is 12.2 Å². The van der Waals surface area contributed by atoms with Crippen molar-refractivity contribution in [1.82, 2.24) is 0 Å². The Bertz CT molecular complexity index is 523. The van der Waals surface area contributed by atoms with Crippen molar-refractivity contribution in [2.45, 2.75) is 31.7 Å². The molecule has 0 amide bonds. The van der Waals surface area contributed by atoms with E-state index in [0.717, 1.165) is 6.07 Å². The van der Waals surface area contributed by atoms with E-state index in [-0.39, 0.29) is 11.3 Å². The fraction of sp³-hybridized carbons (Fsp3) is 0.417. The van der Waals surface area contributed by atoms with E-state index >= 15 is 0 Å². The van der Waals surface area contributed by atoms with Crippen LogP contribution in [0.25, 0.3) is 0 Å². The van der Waals surface area contributed by atoms with Crippen LogP contribution in [0.1, 0.15) is 24.5 Å². The first kappa shape index (κ1) is 17.5. The van der Waals surface area contributed by atoms with E-state index in [2.05, 4.69) is 17.5 Å². The van der Waals surface area contributed by atoms with Crippen molar-refractivity contribution >= 4 is 22.9 Å². The van der Waals surface area contributed by atoms with Crippen LogP contribution in [0.15, 0.2) is 18.2 Å². The van der Waals surface area contributed by atoms with Crippen LogP contribution in [0.3, 0.4) is 0 Å². The summed E-state index contributed by atoms with van der Waals surface area (Å²) in [5, 5.41) is 2.37. The lowest BCUT2D eigenvalue weighted by atomic mass is 10.1. The van der Waals surface area contributed by atoms with E-state index in [1.807, 2.05) is 0 Å². The maximum atomic E-state index is 12.9. The largest absolute Gasteiger partial charge is 0.417 e. The van der Waals surface area contributed by atoms with Gasteiger partial charge in [0.2, 0.25) is 0 Å². The summed E-state index contributed by atoms with van der Waals surface area (Å²) in [4.78, 5) is -0.433.